The van der Waals surface area contributed by atoms with E-state index in [4.69, 9.17) is 9.47 Å². The number of aromatic nitrogens is 1. The Kier molecular flexibility index (Phi) is 7.39. The Morgan fingerprint density at radius 1 is 1.25 bits per heavy atom. The first kappa shape index (κ1) is 21.7. The average Bonchev–Trinajstić information content (AvgIpc) is 3.01. The Morgan fingerprint density at radius 2 is 1.96 bits per heavy atom. The molecule has 1 heterocycles. The predicted molar refractivity (Wildman–Crippen MR) is 111 cm³/mol. The zero-order valence-corrected chi connectivity index (χ0v) is 18.0. The van der Waals surface area contributed by atoms with Crippen LogP contribution in [-0.4, -0.2) is 48.5 Å². The van der Waals surface area contributed by atoms with E-state index in [0.29, 0.717) is 28.6 Å². The minimum absolute atomic E-state index is 0.0688. The fourth-order valence-electron chi connectivity index (χ4n) is 2.62. The Labute approximate surface area is 169 Å². The number of ether oxygens (including phenoxy) is 2. The molecule has 0 aliphatic rings. The molecule has 0 saturated heterocycles. The third-order valence-electron chi connectivity index (χ3n) is 4.61. The smallest absolute Gasteiger partial charge is 0.258 e. The van der Waals surface area contributed by atoms with E-state index >= 15 is 0 Å². The number of carbonyl (C=O) groups is 2. The van der Waals surface area contributed by atoms with Crippen LogP contribution in [0.2, 0.25) is 0 Å². The molecular formula is C20H27N3O4S. The van der Waals surface area contributed by atoms with Crippen LogP contribution in [0.3, 0.4) is 0 Å². The largest absolute Gasteiger partial charge is 0.497 e. The fourth-order valence-corrected chi connectivity index (χ4v) is 3.45. The van der Waals surface area contributed by atoms with Crippen molar-refractivity contribution >= 4 is 28.3 Å². The molecule has 28 heavy (non-hydrogen) atoms. The van der Waals surface area contributed by atoms with Crippen molar-refractivity contribution in [1.29, 1.82) is 0 Å². The normalized spacial score (nSPS) is 11.6. The molecule has 0 bridgehead atoms. The summed E-state index contributed by atoms with van der Waals surface area (Å²) in [6, 6.07) is 4.89. The van der Waals surface area contributed by atoms with E-state index < -0.39 is 0 Å². The van der Waals surface area contributed by atoms with Crippen LogP contribution < -0.4 is 14.8 Å². The van der Waals surface area contributed by atoms with Crippen molar-refractivity contribution in [2.24, 2.45) is 0 Å². The number of anilines is 1. The van der Waals surface area contributed by atoms with Gasteiger partial charge in [-0.2, -0.15) is 0 Å². The van der Waals surface area contributed by atoms with Crippen LogP contribution in [0.15, 0.2) is 18.2 Å². The second-order valence-electron chi connectivity index (χ2n) is 6.47. The van der Waals surface area contributed by atoms with E-state index in [2.05, 4.69) is 10.3 Å². The lowest BCUT2D eigenvalue weighted by atomic mass is 10.1. The summed E-state index contributed by atoms with van der Waals surface area (Å²) in [5, 5.41) is 3.33. The highest BCUT2D eigenvalue weighted by atomic mass is 32.1. The molecule has 2 aromatic rings. The molecule has 0 saturated carbocycles. The highest BCUT2D eigenvalue weighted by molar-refractivity contribution is 7.15. The fraction of sp³-hybridized carbons (Fsp3) is 0.450. The number of nitrogens with one attached hydrogen (secondary N) is 1. The summed E-state index contributed by atoms with van der Waals surface area (Å²) in [7, 11) is 3.05. The SMILES string of the molecule is CC[C@H](C)N(CC(=O)Nc1nc(C)c(C)s1)C(=O)c1ccc(OC)cc1OC. The summed E-state index contributed by atoms with van der Waals surface area (Å²) in [5.74, 6) is 0.449. The monoisotopic (exact) mass is 405 g/mol. The van der Waals surface area contributed by atoms with E-state index in [1.807, 2.05) is 27.7 Å². The van der Waals surface area contributed by atoms with Gasteiger partial charge in [-0.1, -0.05) is 6.92 Å². The average molecular weight is 406 g/mol. The van der Waals surface area contributed by atoms with Gasteiger partial charge in [-0.05, 0) is 39.3 Å². The number of thiazole rings is 1. The maximum Gasteiger partial charge on any atom is 0.258 e. The molecule has 0 radical (unpaired) electrons. The second-order valence-corrected chi connectivity index (χ2v) is 7.67. The quantitative estimate of drug-likeness (QED) is 0.725. The molecule has 1 aromatic heterocycles. The topological polar surface area (TPSA) is 80.8 Å². The number of carbonyl (C=O) groups excluding carboxylic acids is 2. The first-order chi connectivity index (χ1) is 13.3. The number of hydrogen-bond donors (Lipinski definition) is 1. The first-order valence-electron chi connectivity index (χ1n) is 9.07. The first-order valence-corrected chi connectivity index (χ1v) is 9.89. The number of methoxy groups -OCH3 is 2. The van der Waals surface area contributed by atoms with Crippen LogP contribution in [-0.2, 0) is 4.79 Å². The standard InChI is InChI=1S/C20H27N3O4S/c1-7-12(2)23(11-18(24)22-20-21-13(3)14(4)28-20)19(25)16-9-8-15(26-5)10-17(16)27-6/h8-10,12H,7,11H2,1-6H3,(H,21,22,24)/t12-/m0/s1. The van der Waals surface area contributed by atoms with E-state index in [1.165, 1.54) is 18.4 Å². The van der Waals surface area contributed by atoms with Gasteiger partial charge in [-0.3, -0.25) is 9.59 Å². The summed E-state index contributed by atoms with van der Waals surface area (Å²) in [6.45, 7) is 7.67. The van der Waals surface area contributed by atoms with Crippen molar-refractivity contribution in [3.05, 3.63) is 34.3 Å². The maximum atomic E-state index is 13.2. The van der Waals surface area contributed by atoms with Gasteiger partial charge in [-0.15, -0.1) is 11.3 Å². The molecule has 7 nitrogen and oxygen atoms in total. The summed E-state index contributed by atoms with van der Waals surface area (Å²) in [4.78, 5) is 32.7. The zero-order valence-electron chi connectivity index (χ0n) is 17.2. The van der Waals surface area contributed by atoms with Gasteiger partial charge in [0.05, 0.1) is 25.5 Å². The highest BCUT2D eigenvalue weighted by Crippen LogP contribution is 2.27. The van der Waals surface area contributed by atoms with E-state index in [-0.39, 0.29) is 24.4 Å². The number of benzene rings is 1. The number of amides is 2. The van der Waals surface area contributed by atoms with Crippen LogP contribution in [0.25, 0.3) is 0 Å². The molecule has 0 aliphatic heterocycles. The van der Waals surface area contributed by atoms with Gasteiger partial charge < -0.3 is 19.7 Å². The lowest BCUT2D eigenvalue weighted by molar-refractivity contribution is -0.117. The summed E-state index contributed by atoms with van der Waals surface area (Å²) >= 11 is 1.42. The van der Waals surface area contributed by atoms with Crippen molar-refractivity contribution in [2.45, 2.75) is 40.2 Å². The second kappa shape index (κ2) is 9.54. The number of hydrogen-bond acceptors (Lipinski definition) is 6. The highest BCUT2D eigenvalue weighted by Gasteiger charge is 2.26. The molecule has 0 aliphatic carbocycles. The Balaban J connectivity index is 2.23. The van der Waals surface area contributed by atoms with Gasteiger partial charge in [0.15, 0.2) is 5.13 Å². The molecule has 2 amide bonds. The van der Waals surface area contributed by atoms with Gasteiger partial charge in [0.25, 0.3) is 5.91 Å². The molecule has 1 N–H and O–H groups in total. The van der Waals surface area contributed by atoms with Gasteiger partial charge in [0, 0.05) is 17.0 Å². The van der Waals surface area contributed by atoms with Crippen molar-refractivity contribution in [2.75, 3.05) is 26.1 Å². The molecule has 2 rings (SSSR count). The van der Waals surface area contributed by atoms with Gasteiger partial charge in [0.1, 0.15) is 18.0 Å². The minimum atomic E-state index is -0.283. The molecule has 1 aromatic carbocycles. The van der Waals surface area contributed by atoms with Gasteiger partial charge in [0.2, 0.25) is 5.91 Å². The predicted octanol–water partition coefficient (Wildman–Crippen LogP) is 3.66. The van der Waals surface area contributed by atoms with Crippen molar-refractivity contribution in [3.8, 4) is 11.5 Å². The summed E-state index contributed by atoms with van der Waals surface area (Å²) in [5.41, 5.74) is 1.27. The lowest BCUT2D eigenvalue weighted by Crippen LogP contribution is -2.43. The van der Waals surface area contributed by atoms with E-state index in [9.17, 15) is 9.59 Å². The van der Waals surface area contributed by atoms with Crippen LogP contribution in [0.4, 0.5) is 5.13 Å². The summed E-state index contributed by atoms with van der Waals surface area (Å²) in [6.07, 6.45) is 0.715. The maximum absolute atomic E-state index is 13.2. The van der Waals surface area contributed by atoms with Crippen LogP contribution in [0.1, 0.15) is 41.2 Å². The van der Waals surface area contributed by atoms with Gasteiger partial charge in [-0.25, -0.2) is 4.98 Å². The third kappa shape index (κ3) is 5.01. The van der Waals surface area contributed by atoms with Crippen LogP contribution in [0, 0.1) is 13.8 Å². The lowest BCUT2D eigenvalue weighted by Gasteiger charge is -2.28. The third-order valence-corrected chi connectivity index (χ3v) is 5.60. The molecule has 0 spiro atoms. The van der Waals surface area contributed by atoms with E-state index in [1.54, 1.807) is 30.2 Å². The Bertz CT molecular complexity index is 830. The Morgan fingerprint density at radius 3 is 2.50 bits per heavy atom. The molecule has 8 heteroatoms. The molecular weight excluding hydrogens is 378 g/mol. The molecule has 152 valence electrons. The zero-order chi connectivity index (χ0) is 20.8. The van der Waals surface area contributed by atoms with Crippen molar-refractivity contribution in [1.82, 2.24) is 9.88 Å². The van der Waals surface area contributed by atoms with Gasteiger partial charge >= 0.3 is 0 Å². The van der Waals surface area contributed by atoms with Crippen molar-refractivity contribution in [3.63, 3.8) is 0 Å². The minimum Gasteiger partial charge on any atom is -0.497 e. The van der Waals surface area contributed by atoms with Crippen LogP contribution in [0.5, 0.6) is 11.5 Å². The van der Waals surface area contributed by atoms with Crippen LogP contribution >= 0.6 is 11.3 Å². The Hall–Kier alpha value is -2.61. The number of aryl methyl sites for hydroxylation is 2. The van der Waals surface area contributed by atoms with E-state index in [0.717, 1.165) is 10.6 Å². The molecule has 0 unspecified atom stereocenters. The number of nitrogens with zero attached hydrogens (tertiary/aromatic N) is 2. The summed E-state index contributed by atoms with van der Waals surface area (Å²) < 4.78 is 10.5. The number of rotatable bonds is 8. The van der Waals surface area contributed by atoms with Crippen molar-refractivity contribution < 1.29 is 19.1 Å². The molecule has 0 fully saturated rings. The molecule has 1 atom stereocenters.